The van der Waals surface area contributed by atoms with E-state index in [9.17, 15) is 8.42 Å². The number of fused-ring (bicyclic) bond motifs is 1. The van der Waals surface area contributed by atoms with Gasteiger partial charge in [-0.2, -0.15) is 0 Å². The number of pyridine rings is 1. The molecule has 0 saturated heterocycles. The standard InChI is InChI=1S/C17H16N2O2S/c1-13-6-2-5-9-17(13)22(20,21)19-12-14-10-11-18-16-8-4-3-7-15(14)16/h2-11,19H,12H2,1H3. The highest BCUT2D eigenvalue weighted by Gasteiger charge is 2.16. The zero-order valence-corrected chi connectivity index (χ0v) is 13.0. The fourth-order valence-electron chi connectivity index (χ4n) is 2.42. The van der Waals surface area contributed by atoms with Gasteiger partial charge in [-0.1, -0.05) is 36.4 Å². The van der Waals surface area contributed by atoms with Gasteiger partial charge in [0.05, 0.1) is 10.4 Å². The minimum Gasteiger partial charge on any atom is -0.256 e. The van der Waals surface area contributed by atoms with Crippen molar-refractivity contribution < 1.29 is 8.42 Å². The molecule has 0 atom stereocenters. The second-order valence-electron chi connectivity index (χ2n) is 5.08. The molecule has 0 fully saturated rings. The molecule has 112 valence electrons. The predicted octanol–water partition coefficient (Wildman–Crippen LogP) is 3.02. The van der Waals surface area contributed by atoms with Crippen LogP contribution in [0.5, 0.6) is 0 Å². The van der Waals surface area contributed by atoms with Crippen molar-refractivity contribution in [2.24, 2.45) is 0 Å². The maximum absolute atomic E-state index is 12.4. The molecule has 0 aliphatic rings. The Bertz CT molecular complexity index is 915. The Morgan fingerprint density at radius 3 is 2.55 bits per heavy atom. The van der Waals surface area contributed by atoms with Gasteiger partial charge in [0.25, 0.3) is 0 Å². The highest BCUT2D eigenvalue weighted by atomic mass is 32.2. The Hall–Kier alpha value is -2.24. The van der Waals surface area contributed by atoms with Gasteiger partial charge in [-0.25, -0.2) is 13.1 Å². The van der Waals surface area contributed by atoms with Gasteiger partial charge in [-0.3, -0.25) is 4.98 Å². The van der Waals surface area contributed by atoms with E-state index in [0.29, 0.717) is 4.90 Å². The van der Waals surface area contributed by atoms with Crippen LogP contribution < -0.4 is 4.72 Å². The van der Waals surface area contributed by atoms with Crippen molar-refractivity contribution in [3.8, 4) is 0 Å². The second kappa shape index (κ2) is 5.87. The van der Waals surface area contributed by atoms with Crippen molar-refractivity contribution in [2.75, 3.05) is 0 Å². The van der Waals surface area contributed by atoms with Crippen LogP contribution in [0.3, 0.4) is 0 Å². The highest BCUT2D eigenvalue weighted by molar-refractivity contribution is 7.89. The van der Waals surface area contributed by atoms with E-state index < -0.39 is 10.0 Å². The smallest absolute Gasteiger partial charge is 0.241 e. The van der Waals surface area contributed by atoms with E-state index in [-0.39, 0.29) is 6.54 Å². The summed E-state index contributed by atoms with van der Waals surface area (Å²) in [4.78, 5) is 4.59. The number of rotatable bonds is 4. The van der Waals surface area contributed by atoms with Gasteiger partial charge in [0.2, 0.25) is 10.0 Å². The monoisotopic (exact) mass is 312 g/mol. The number of aromatic nitrogens is 1. The lowest BCUT2D eigenvalue weighted by Crippen LogP contribution is -2.24. The zero-order valence-electron chi connectivity index (χ0n) is 12.2. The largest absolute Gasteiger partial charge is 0.256 e. The molecule has 3 rings (SSSR count). The molecule has 0 spiro atoms. The van der Waals surface area contributed by atoms with E-state index in [1.807, 2.05) is 36.4 Å². The van der Waals surface area contributed by atoms with Crippen LogP contribution in [0.4, 0.5) is 0 Å². The predicted molar refractivity (Wildman–Crippen MR) is 86.9 cm³/mol. The average Bonchev–Trinajstić information content (AvgIpc) is 2.53. The van der Waals surface area contributed by atoms with Gasteiger partial charge < -0.3 is 0 Å². The molecule has 1 N–H and O–H groups in total. The summed E-state index contributed by atoms with van der Waals surface area (Å²) in [6.07, 6.45) is 1.69. The van der Waals surface area contributed by atoms with Crippen molar-refractivity contribution in [3.63, 3.8) is 0 Å². The van der Waals surface area contributed by atoms with Crippen LogP contribution in [-0.4, -0.2) is 13.4 Å². The first-order valence-corrected chi connectivity index (χ1v) is 8.44. The molecule has 0 aliphatic carbocycles. The second-order valence-corrected chi connectivity index (χ2v) is 6.81. The fraction of sp³-hybridized carbons (Fsp3) is 0.118. The topological polar surface area (TPSA) is 59.1 Å². The number of nitrogens with zero attached hydrogens (tertiary/aromatic N) is 1. The molecular formula is C17H16N2O2S. The number of sulfonamides is 1. The molecule has 0 amide bonds. The summed E-state index contributed by atoms with van der Waals surface area (Å²) in [6, 6.07) is 16.5. The lowest BCUT2D eigenvalue weighted by atomic mass is 10.1. The minimum atomic E-state index is -3.53. The lowest BCUT2D eigenvalue weighted by Gasteiger charge is -2.10. The first kappa shape index (κ1) is 14.7. The summed E-state index contributed by atoms with van der Waals surface area (Å²) in [6.45, 7) is 2.02. The van der Waals surface area contributed by atoms with Gasteiger partial charge >= 0.3 is 0 Å². The van der Waals surface area contributed by atoms with Crippen LogP contribution in [0.25, 0.3) is 10.9 Å². The third-order valence-electron chi connectivity index (χ3n) is 3.58. The third-order valence-corrected chi connectivity index (χ3v) is 5.14. The van der Waals surface area contributed by atoms with Gasteiger partial charge in [-0.15, -0.1) is 0 Å². The average molecular weight is 312 g/mol. The number of aryl methyl sites for hydroxylation is 1. The van der Waals surface area contributed by atoms with E-state index in [0.717, 1.165) is 22.0 Å². The van der Waals surface area contributed by atoms with Crippen molar-refractivity contribution >= 4 is 20.9 Å². The molecule has 1 aromatic heterocycles. The van der Waals surface area contributed by atoms with Crippen molar-refractivity contribution in [2.45, 2.75) is 18.4 Å². The first-order valence-electron chi connectivity index (χ1n) is 6.96. The summed E-state index contributed by atoms with van der Waals surface area (Å²) in [5, 5.41) is 0.956. The fourth-order valence-corrected chi connectivity index (χ4v) is 3.67. The Labute approximate surface area is 129 Å². The number of benzene rings is 2. The Balaban J connectivity index is 1.90. The van der Waals surface area contributed by atoms with E-state index in [1.54, 1.807) is 31.3 Å². The number of hydrogen-bond acceptors (Lipinski definition) is 3. The van der Waals surface area contributed by atoms with Crippen LogP contribution in [0, 0.1) is 6.92 Å². The van der Waals surface area contributed by atoms with Gasteiger partial charge in [-0.05, 0) is 36.2 Å². The highest BCUT2D eigenvalue weighted by Crippen LogP contribution is 2.18. The molecule has 0 aliphatic heterocycles. The van der Waals surface area contributed by atoms with E-state index in [1.165, 1.54) is 0 Å². The van der Waals surface area contributed by atoms with Crippen molar-refractivity contribution in [1.29, 1.82) is 0 Å². The number of para-hydroxylation sites is 1. The van der Waals surface area contributed by atoms with Crippen molar-refractivity contribution in [3.05, 3.63) is 71.9 Å². The van der Waals surface area contributed by atoms with Crippen LogP contribution >= 0.6 is 0 Å². The van der Waals surface area contributed by atoms with Crippen LogP contribution in [0.15, 0.2) is 65.7 Å². The summed E-state index contributed by atoms with van der Waals surface area (Å²) in [5.41, 5.74) is 2.49. The van der Waals surface area contributed by atoms with Gasteiger partial charge in [0.1, 0.15) is 0 Å². The summed E-state index contributed by atoms with van der Waals surface area (Å²) in [7, 11) is -3.53. The van der Waals surface area contributed by atoms with E-state index in [4.69, 9.17) is 0 Å². The van der Waals surface area contributed by atoms with Gasteiger partial charge in [0.15, 0.2) is 0 Å². The molecule has 1 heterocycles. The van der Waals surface area contributed by atoms with E-state index in [2.05, 4.69) is 9.71 Å². The molecule has 22 heavy (non-hydrogen) atoms. The molecule has 0 radical (unpaired) electrons. The summed E-state index contributed by atoms with van der Waals surface area (Å²) >= 11 is 0. The molecule has 5 heteroatoms. The van der Waals surface area contributed by atoms with Crippen LogP contribution in [0.2, 0.25) is 0 Å². The lowest BCUT2D eigenvalue weighted by molar-refractivity contribution is 0.581. The molecule has 2 aromatic carbocycles. The first-order chi connectivity index (χ1) is 10.6. The quantitative estimate of drug-likeness (QED) is 0.805. The Morgan fingerprint density at radius 2 is 1.73 bits per heavy atom. The molecule has 3 aromatic rings. The third kappa shape index (κ3) is 2.86. The SMILES string of the molecule is Cc1ccccc1S(=O)(=O)NCc1ccnc2ccccc12. The molecule has 0 saturated carbocycles. The maximum atomic E-state index is 12.4. The summed E-state index contributed by atoms with van der Waals surface area (Å²) < 4.78 is 27.5. The Morgan fingerprint density at radius 1 is 1.00 bits per heavy atom. The van der Waals surface area contributed by atoms with E-state index >= 15 is 0 Å². The zero-order chi connectivity index (χ0) is 15.6. The molecule has 4 nitrogen and oxygen atoms in total. The Kier molecular flexibility index (Phi) is 3.92. The van der Waals surface area contributed by atoms with Crippen LogP contribution in [0.1, 0.15) is 11.1 Å². The van der Waals surface area contributed by atoms with Crippen LogP contribution in [-0.2, 0) is 16.6 Å². The summed E-state index contributed by atoms with van der Waals surface area (Å²) in [5.74, 6) is 0. The molecule has 0 bridgehead atoms. The normalized spacial score (nSPS) is 11.7. The number of hydrogen-bond donors (Lipinski definition) is 1. The van der Waals surface area contributed by atoms with Crippen molar-refractivity contribution in [1.82, 2.24) is 9.71 Å². The molecular weight excluding hydrogens is 296 g/mol. The van der Waals surface area contributed by atoms with Gasteiger partial charge in [0, 0.05) is 18.1 Å². The number of nitrogens with one attached hydrogen (secondary N) is 1. The minimum absolute atomic E-state index is 0.236. The maximum Gasteiger partial charge on any atom is 0.241 e. The molecule has 0 unspecified atom stereocenters.